The van der Waals surface area contributed by atoms with Gasteiger partial charge in [0.1, 0.15) is 12.1 Å². The molecule has 6 nitrogen and oxygen atoms in total. The number of carbonyl (C=O) groups excluding carboxylic acids is 1. The molecule has 0 heterocycles. The van der Waals surface area contributed by atoms with Crippen molar-refractivity contribution in [3.63, 3.8) is 0 Å². The van der Waals surface area contributed by atoms with Gasteiger partial charge in [-0.25, -0.2) is 9.59 Å². The molecule has 2 amide bonds. The third kappa shape index (κ3) is 5.24. The molecule has 0 aliphatic heterocycles. The second-order valence-electron chi connectivity index (χ2n) is 4.28. The molecule has 0 saturated carbocycles. The maximum absolute atomic E-state index is 12.3. The van der Waals surface area contributed by atoms with Crippen LogP contribution in [0.4, 0.5) is 18.0 Å². The van der Waals surface area contributed by atoms with Gasteiger partial charge in [-0.05, 0) is 12.8 Å². The summed E-state index contributed by atoms with van der Waals surface area (Å²) in [4.78, 5) is 23.3. The Kier molecular flexibility index (Phi) is 6.77. The van der Waals surface area contributed by atoms with Crippen LogP contribution in [-0.4, -0.2) is 58.5 Å². The predicted molar refractivity (Wildman–Crippen MR) is 64.2 cm³/mol. The highest BCUT2D eigenvalue weighted by molar-refractivity contribution is 5.86. The molecule has 0 unspecified atom stereocenters. The fourth-order valence-corrected chi connectivity index (χ4v) is 1.66. The van der Waals surface area contributed by atoms with Crippen LogP contribution in [0.2, 0.25) is 0 Å². The minimum atomic E-state index is -4.63. The van der Waals surface area contributed by atoms with Crippen molar-refractivity contribution in [2.24, 2.45) is 0 Å². The molecular formula is C11H19F3N2O4. The lowest BCUT2D eigenvalue weighted by molar-refractivity contribution is -0.145. The second-order valence-corrected chi connectivity index (χ2v) is 4.28. The number of aliphatic hydroxyl groups excluding tert-OH is 1. The number of aliphatic hydroxyl groups is 1. The summed E-state index contributed by atoms with van der Waals surface area (Å²) < 4.78 is 37.0. The van der Waals surface area contributed by atoms with Gasteiger partial charge in [-0.3, -0.25) is 0 Å². The summed E-state index contributed by atoms with van der Waals surface area (Å²) >= 11 is 0. The fraction of sp³-hybridized carbons (Fsp3) is 0.818. The van der Waals surface area contributed by atoms with E-state index < -0.39 is 43.4 Å². The largest absolute Gasteiger partial charge is 0.480 e. The van der Waals surface area contributed by atoms with Crippen molar-refractivity contribution in [3.8, 4) is 0 Å². The molecule has 0 aliphatic rings. The van der Waals surface area contributed by atoms with Crippen molar-refractivity contribution < 1.29 is 33.0 Å². The Morgan fingerprint density at radius 1 is 1.20 bits per heavy atom. The Morgan fingerprint density at radius 2 is 1.70 bits per heavy atom. The number of nitrogens with zero attached hydrogens (tertiary/aromatic N) is 1. The molecule has 3 N–H and O–H groups in total. The molecule has 0 rings (SSSR count). The third-order valence-electron chi connectivity index (χ3n) is 2.99. The Balaban J connectivity index is 5.03. The molecule has 0 fully saturated rings. The number of carboxylic acids is 1. The molecule has 0 aromatic rings. The van der Waals surface area contributed by atoms with E-state index in [0.29, 0.717) is 4.90 Å². The molecule has 9 heteroatoms. The van der Waals surface area contributed by atoms with Gasteiger partial charge in [0.25, 0.3) is 0 Å². The van der Waals surface area contributed by atoms with Gasteiger partial charge in [-0.1, -0.05) is 13.8 Å². The van der Waals surface area contributed by atoms with E-state index in [9.17, 15) is 22.8 Å². The molecule has 0 bridgehead atoms. The first-order chi connectivity index (χ1) is 9.11. The fourth-order valence-electron chi connectivity index (χ4n) is 1.66. The number of hydrogen-bond donors (Lipinski definition) is 3. The maximum atomic E-state index is 12.3. The number of alkyl halides is 3. The van der Waals surface area contributed by atoms with Crippen molar-refractivity contribution in [1.82, 2.24) is 10.2 Å². The summed E-state index contributed by atoms with van der Waals surface area (Å²) in [6.07, 6.45) is -4.57. The number of rotatable bonds is 7. The quantitative estimate of drug-likeness (QED) is 0.659. The lowest BCUT2D eigenvalue weighted by Gasteiger charge is -2.32. The van der Waals surface area contributed by atoms with Crippen LogP contribution in [0, 0.1) is 0 Å². The first-order valence-electron chi connectivity index (χ1n) is 6.10. The topological polar surface area (TPSA) is 89.9 Å². The zero-order valence-electron chi connectivity index (χ0n) is 11.3. The molecule has 0 spiro atoms. The minimum absolute atomic E-state index is 0.0313. The lowest BCUT2D eigenvalue weighted by atomic mass is 9.93. The molecule has 0 aromatic heterocycles. The van der Waals surface area contributed by atoms with E-state index in [-0.39, 0.29) is 12.8 Å². The Hall–Kier alpha value is -1.51. The highest BCUT2D eigenvalue weighted by Gasteiger charge is 2.39. The zero-order chi connectivity index (χ0) is 16.0. The van der Waals surface area contributed by atoms with Crippen LogP contribution in [0.5, 0.6) is 0 Å². The SMILES string of the molecule is CCC(CC)(NC(=O)N(CCO)CC(F)(F)F)C(=O)O. The summed E-state index contributed by atoms with van der Waals surface area (Å²) in [5.74, 6) is -1.31. The minimum Gasteiger partial charge on any atom is -0.480 e. The van der Waals surface area contributed by atoms with Crippen molar-refractivity contribution >= 4 is 12.0 Å². The average Bonchev–Trinajstić information content (AvgIpc) is 2.33. The third-order valence-corrected chi connectivity index (χ3v) is 2.99. The van der Waals surface area contributed by atoms with Gasteiger partial charge < -0.3 is 20.4 Å². The number of nitrogens with one attached hydrogen (secondary N) is 1. The van der Waals surface area contributed by atoms with E-state index in [1.807, 2.05) is 0 Å². The number of carbonyl (C=O) groups is 2. The first-order valence-corrected chi connectivity index (χ1v) is 6.10. The van der Waals surface area contributed by atoms with Crippen molar-refractivity contribution in [1.29, 1.82) is 0 Å². The Labute approximate surface area is 114 Å². The van der Waals surface area contributed by atoms with Gasteiger partial charge >= 0.3 is 18.2 Å². The van der Waals surface area contributed by atoms with Crippen molar-refractivity contribution in [2.45, 2.75) is 38.4 Å². The van der Waals surface area contributed by atoms with Gasteiger partial charge in [0, 0.05) is 6.54 Å². The molecule has 0 aromatic carbocycles. The number of amides is 2. The number of carboxylic acid groups (broad SMARTS) is 1. The van der Waals surface area contributed by atoms with Crippen LogP contribution in [0.1, 0.15) is 26.7 Å². The van der Waals surface area contributed by atoms with E-state index in [2.05, 4.69) is 5.32 Å². The van der Waals surface area contributed by atoms with Gasteiger partial charge in [0.05, 0.1) is 6.61 Å². The number of hydrogen-bond acceptors (Lipinski definition) is 3. The average molecular weight is 300 g/mol. The van der Waals surface area contributed by atoms with Gasteiger partial charge in [-0.2, -0.15) is 13.2 Å². The van der Waals surface area contributed by atoms with E-state index in [1.54, 1.807) is 0 Å². The Bertz CT molecular complexity index is 343. The Morgan fingerprint density at radius 3 is 2.00 bits per heavy atom. The van der Waals surface area contributed by atoms with E-state index in [0.717, 1.165) is 0 Å². The summed E-state index contributed by atoms with van der Waals surface area (Å²) in [5.41, 5.74) is -1.61. The summed E-state index contributed by atoms with van der Waals surface area (Å²) in [6.45, 7) is 0.287. The normalized spacial score (nSPS) is 12.1. The summed E-state index contributed by atoms with van der Waals surface area (Å²) in [5, 5.41) is 19.9. The van der Waals surface area contributed by atoms with E-state index >= 15 is 0 Å². The molecule has 0 saturated heterocycles. The molecule has 0 aliphatic carbocycles. The van der Waals surface area contributed by atoms with Crippen LogP contribution in [-0.2, 0) is 4.79 Å². The monoisotopic (exact) mass is 300 g/mol. The smallest absolute Gasteiger partial charge is 0.406 e. The maximum Gasteiger partial charge on any atom is 0.406 e. The number of urea groups is 1. The molecule has 0 radical (unpaired) electrons. The van der Waals surface area contributed by atoms with Crippen LogP contribution in [0.3, 0.4) is 0 Å². The van der Waals surface area contributed by atoms with Crippen molar-refractivity contribution in [3.05, 3.63) is 0 Å². The number of halogens is 3. The molecule has 118 valence electrons. The standard InChI is InChI=1S/C11H19F3N2O4/c1-3-10(4-2,8(18)19)15-9(20)16(5-6-17)7-11(12,13)14/h17H,3-7H2,1-2H3,(H,15,20)(H,18,19). The van der Waals surface area contributed by atoms with Gasteiger partial charge in [0.2, 0.25) is 0 Å². The highest BCUT2D eigenvalue weighted by Crippen LogP contribution is 2.19. The van der Waals surface area contributed by atoms with Crippen LogP contribution in [0.15, 0.2) is 0 Å². The molecular weight excluding hydrogens is 281 g/mol. The zero-order valence-corrected chi connectivity index (χ0v) is 11.3. The predicted octanol–water partition coefficient (Wildman–Crippen LogP) is 1.20. The summed E-state index contributed by atoms with van der Waals surface area (Å²) in [6, 6.07) is -1.16. The highest BCUT2D eigenvalue weighted by atomic mass is 19.4. The van der Waals surface area contributed by atoms with Gasteiger partial charge in [0.15, 0.2) is 0 Å². The first kappa shape index (κ1) is 18.5. The van der Waals surface area contributed by atoms with Crippen LogP contribution >= 0.6 is 0 Å². The molecule has 0 atom stereocenters. The van der Waals surface area contributed by atoms with E-state index in [4.69, 9.17) is 10.2 Å². The summed E-state index contributed by atoms with van der Waals surface area (Å²) in [7, 11) is 0. The van der Waals surface area contributed by atoms with Crippen LogP contribution < -0.4 is 5.32 Å². The van der Waals surface area contributed by atoms with Crippen molar-refractivity contribution in [2.75, 3.05) is 19.7 Å². The second kappa shape index (κ2) is 7.32. The van der Waals surface area contributed by atoms with Gasteiger partial charge in [-0.15, -0.1) is 0 Å². The molecule has 20 heavy (non-hydrogen) atoms. The number of aliphatic carboxylic acids is 1. The van der Waals surface area contributed by atoms with E-state index in [1.165, 1.54) is 13.8 Å². The van der Waals surface area contributed by atoms with Crippen LogP contribution in [0.25, 0.3) is 0 Å². The lowest BCUT2D eigenvalue weighted by Crippen LogP contribution is -2.58.